The van der Waals surface area contributed by atoms with E-state index in [-0.39, 0.29) is 10.2 Å². The molecule has 0 saturated heterocycles. The van der Waals surface area contributed by atoms with E-state index in [1.54, 1.807) is 11.3 Å². The molecule has 0 fully saturated rings. The van der Waals surface area contributed by atoms with Crippen molar-refractivity contribution in [2.45, 2.75) is 30.7 Å². The fourth-order valence-electron chi connectivity index (χ4n) is 2.17. The minimum Gasteiger partial charge on any atom is -0.225 e. The summed E-state index contributed by atoms with van der Waals surface area (Å²) in [6, 6.07) is 2.09. The van der Waals surface area contributed by atoms with E-state index in [2.05, 4.69) is 20.8 Å². The van der Waals surface area contributed by atoms with Crippen LogP contribution in [0.15, 0.2) is 23.4 Å². The van der Waals surface area contributed by atoms with E-state index in [0.29, 0.717) is 6.54 Å². The number of aromatic nitrogens is 2. The monoisotopic (exact) mass is 329 g/mol. The van der Waals surface area contributed by atoms with E-state index < -0.39 is 10.0 Å². The van der Waals surface area contributed by atoms with Crippen LogP contribution in [-0.4, -0.2) is 18.4 Å². The smallest absolute Gasteiger partial charge is 0.225 e. The molecule has 1 aliphatic carbocycles. The molecule has 0 aromatic carbocycles. The molecule has 5 nitrogen and oxygen atoms in total. The van der Waals surface area contributed by atoms with Crippen LogP contribution < -0.4 is 4.72 Å². The minimum atomic E-state index is -3.59. The molecule has 0 radical (unpaired) electrons. The number of thiophene rings is 1. The summed E-state index contributed by atoms with van der Waals surface area (Å²) in [6.45, 7) is 0.294. The Balaban J connectivity index is 1.71. The van der Waals surface area contributed by atoms with Crippen molar-refractivity contribution in [1.82, 2.24) is 14.7 Å². The lowest BCUT2D eigenvalue weighted by atomic mass is 10.2. The average molecular weight is 330 g/mol. The van der Waals surface area contributed by atoms with Gasteiger partial charge in [-0.2, -0.15) is 0 Å². The number of aryl methyl sites for hydroxylation is 2. The molecular weight excluding hydrogens is 318 g/mol. The number of hydrogen-bond acceptors (Lipinski definition) is 5. The summed E-state index contributed by atoms with van der Waals surface area (Å²) in [7, 11) is -3.59. The van der Waals surface area contributed by atoms with Crippen molar-refractivity contribution in [3.05, 3.63) is 39.1 Å². The largest absolute Gasteiger partial charge is 0.243 e. The predicted octanol–water partition coefficient (Wildman–Crippen LogP) is 2.16. The van der Waals surface area contributed by atoms with Crippen molar-refractivity contribution in [2.24, 2.45) is 0 Å². The van der Waals surface area contributed by atoms with Crippen LogP contribution in [0.25, 0.3) is 0 Å². The number of nitrogens with zero attached hydrogens (tertiary/aromatic N) is 2. The van der Waals surface area contributed by atoms with Crippen LogP contribution in [0.5, 0.6) is 0 Å². The quantitative estimate of drug-likeness (QED) is 0.872. The van der Waals surface area contributed by atoms with Gasteiger partial charge in [0, 0.05) is 16.3 Å². The van der Waals surface area contributed by atoms with Gasteiger partial charge in [-0.1, -0.05) is 0 Å². The van der Waals surface area contributed by atoms with Crippen LogP contribution in [0.3, 0.4) is 0 Å². The molecule has 0 spiro atoms. The van der Waals surface area contributed by atoms with E-state index in [9.17, 15) is 8.42 Å². The van der Waals surface area contributed by atoms with Gasteiger partial charge in [0.1, 0.15) is 4.90 Å². The summed E-state index contributed by atoms with van der Waals surface area (Å²) in [4.78, 5) is 9.80. The van der Waals surface area contributed by atoms with E-state index >= 15 is 0 Å². The van der Waals surface area contributed by atoms with E-state index in [1.807, 2.05) is 0 Å². The molecule has 2 aromatic heterocycles. The molecule has 2 heterocycles. The zero-order valence-corrected chi connectivity index (χ0v) is 12.9. The summed E-state index contributed by atoms with van der Waals surface area (Å²) in [5, 5.41) is 0.0265. The summed E-state index contributed by atoms with van der Waals surface area (Å²) < 4.78 is 26.7. The van der Waals surface area contributed by atoms with E-state index in [1.165, 1.54) is 29.3 Å². The fourth-order valence-corrected chi connectivity index (χ4v) is 4.45. The molecule has 1 aliphatic rings. The third kappa shape index (κ3) is 2.85. The number of nitrogens with one attached hydrogen (secondary N) is 1. The normalized spacial score (nSPS) is 14.4. The van der Waals surface area contributed by atoms with Gasteiger partial charge in [-0.05, 0) is 42.5 Å². The third-order valence-corrected chi connectivity index (χ3v) is 5.93. The summed E-state index contributed by atoms with van der Waals surface area (Å²) in [5.74, 6) is 0. The van der Waals surface area contributed by atoms with Gasteiger partial charge >= 0.3 is 0 Å². The maximum absolute atomic E-state index is 12.1. The minimum absolute atomic E-state index is 0.0194. The maximum Gasteiger partial charge on any atom is 0.243 e. The number of fused-ring (bicyclic) bond motifs is 1. The van der Waals surface area contributed by atoms with Gasteiger partial charge in [-0.25, -0.2) is 23.1 Å². The molecule has 3 rings (SSSR count). The highest BCUT2D eigenvalue weighted by Crippen LogP contribution is 2.30. The Kier molecular flexibility index (Phi) is 3.76. The van der Waals surface area contributed by atoms with Gasteiger partial charge in [-0.15, -0.1) is 11.3 Å². The lowest BCUT2D eigenvalue weighted by Crippen LogP contribution is -2.23. The van der Waals surface area contributed by atoms with Crippen molar-refractivity contribution in [3.8, 4) is 0 Å². The molecular formula is C12H12ClN3O2S2. The molecule has 0 unspecified atom stereocenters. The standard InChI is InChI=1S/C12H12ClN3O2S2/c13-12-14-6-10(7-15-12)20(17,18)16-5-9-4-8-2-1-3-11(8)19-9/h4,6-7,16H,1-3,5H2. The molecule has 0 atom stereocenters. The van der Waals surface area contributed by atoms with Crippen molar-refractivity contribution in [1.29, 1.82) is 0 Å². The first kappa shape index (κ1) is 13.9. The lowest BCUT2D eigenvalue weighted by Gasteiger charge is -2.04. The predicted molar refractivity (Wildman–Crippen MR) is 77.4 cm³/mol. The maximum atomic E-state index is 12.1. The third-order valence-electron chi connectivity index (χ3n) is 3.14. The lowest BCUT2D eigenvalue weighted by molar-refractivity contribution is 0.581. The highest BCUT2D eigenvalue weighted by atomic mass is 35.5. The number of hydrogen-bond donors (Lipinski definition) is 1. The van der Waals surface area contributed by atoms with Gasteiger partial charge in [0.25, 0.3) is 0 Å². The van der Waals surface area contributed by atoms with Crippen LogP contribution in [0.1, 0.15) is 21.7 Å². The Morgan fingerprint density at radius 1 is 1.30 bits per heavy atom. The molecule has 0 amide bonds. The van der Waals surface area contributed by atoms with Crippen molar-refractivity contribution >= 4 is 33.0 Å². The molecule has 1 N–H and O–H groups in total. The Hall–Kier alpha value is -1.02. The molecule has 106 valence electrons. The highest BCUT2D eigenvalue weighted by Gasteiger charge is 2.18. The van der Waals surface area contributed by atoms with Gasteiger partial charge in [0.05, 0.1) is 12.4 Å². The van der Waals surface area contributed by atoms with Crippen LogP contribution in [0.2, 0.25) is 5.28 Å². The topological polar surface area (TPSA) is 72.0 Å². The number of rotatable bonds is 4. The summed E-state index contributed by atoms with van der Waals surface area (Å²) in [6.07, 6.45) is 5.81. The van der Waals surface area contributed by atoms with E-state index in [0.717, 1.165) is 17.7 Å². The number of halogens is 1. The van der Waals surface area contributed by atoms with Crippen LogP contribution in [0, 0.1) is 0 Å². The number of sulfonamides is 1. The van der Waals surface area contributed by atoms with Crippen molar-refractivity contribution in [3.63, 3.8) is 0 Å². The van der Waals surface area contributed by atoms with Gasteiger partial charge in [-0.3, -0.25) is 0 Å². The second-order valence-corrected chi connectivity index (χ2v) is 7.85. The average Bonchev–Trinajstić information content (AvgIpc) is 2.97. The van der Waals surface area contributed by atoms with Crippen molar-refractivity contribution < 1.29 is 8.42 Å². The second-order valence-electron chi connectivity index (χ2n) is 4.53. The van der Waals surface area contributed by atoms with Gasteiger partial charge in [0.15, 0.2) is 0 Å². The first-order valence-corrected chi connectivity index (χ1v) is 8.80. The molecule has 20 heavy (non-hydrogen) atoms. The molecule has 8 heteroatoms. The van der Waals surface area contributed by atoms with Crippen molar-refractivity contribution in [2.75, 3.05) is 0 Å². The first-order chi connectivity index (χ1) is 9.54. The summed E-state index contributed by atoms with van der Waals surface area (Å²) in [5.41, 5.74) is 1.36. The molecule has 0 saturated carbocycles. The van der Waals surface area contributed by atoms with Gasteiger partial charge in [0.2, 0.25) is 15.3 Å². The Labute approximate surface area is 126 Å². The zero-order valence-electron chi connectivity index (χ0n) is 10.5. The fraction of sp³-hybridized carbons (Fsp3) is 0.333. The van der Waals surface area contributed by atoms with E-state index in [4.69, 9.17) is 11.6 Å². The highest BCUT2D eigenvalue weighted by molar-refractivity contribution is 7.89. The van der Waals surface area contributed by atoms with Gasteiger partial charge < -0.3 is 0 Å². The zero-order chi connectivity index (χ0) is 14.2. The SMILES string of the molecule is O=S(=O)(NCc1cc2c(s1)CCC2)c1cnc(Cl)nc1. The molecule has 0 bridgehead atoms. The second kappa shape index (κ2) is 5.40. The Bertz CT molecular complexity index is 704. The molecule has 0 aliphatic heterocycles. The molecule has 2 aromatic rings. The van der Waals surface area contributed by atoms with Crippen LogP contribution in [-0.2, 0) is 29.4 Å². The van der Waals surface area contributed by atoms with Crippen LogP contribution in [0.4, 0.5) is 0 Å². The van der Waals surface area contributed by atoms with Crippen LogP contribution >= 0.6 is 22.9 Å². The Morgan fingerprint density at radius 3 is 2.75 bits per heavy atom. The summed E-state index contributed by atoms with van der Waals surface area (Å²) >= 11 is 7.22. The first-order valence-electron chi connectivity index (χ1n) is 6.12. The Morgan fingerprint density at radius 2 is 2.05 bits per heavy atom.